The van der Waals surface area contributed by atoms with Gasteiger partial charge in [-0.2, -0.15) is 0 Å². The molecule has 2 N–H and O–H groups in total. The Hall–Kier alpha value is -2.38. The summed E-state index contributed by atoms with van der Waals surface area (Å²) >= 11 is 5.63. The molecule has 0 amide bonds. The minimum Gasteiger partial charge on any atom is -0.478 e. The van der Waals surface area contributed by atoms with Crippen molar-refractivity contribution in [2.75, 3.05) is 6.54 Å². The molecule has 10 heteroatoms. The van der Waals surface area contributed by atoms with E-state index in [2.05, 4.69) is 14.8 Å². The van der Waals surface area contributed by atoms with E-state index in [4.69, 9.17) is 22.2 Å². The van der Waals surface area contributed by atoms with Crippen LogP contribution in [0.1, 0.15) is 5.56 Å². The van der Waals surface area contributed by atoms with Crippen LogP contribution in [-0.2, 0) is 4.79 Å². The molecule has 6 nitrogen and oxygen atoms in total. The highest BCUT2D eigenvalue weighted by Crippen LogP contribution is 2.31. The molecule has 0 aliphatic carbocycles. The standard InChI is InChI=1S/C11H7ClF3N3O3/c12-8-4-6(1-2-9(8)21-11(13,14)15)3-7(10(19)20)5-17-18-16/h1-4,16H,5H2/p+1. The summed E-state index contributed by atoms with van der Waals surface area (Å²) in [6, 6.07) is 3.28. The molecule has 0 spiro atoms. The molecule has 0 unspecified atom stereocenters. The summed E-state index contributed by atoms with van der Waals surface area (Å²) in [6.07, 6.45) is -3.72. The van der Waals surface area contributed by atoms with Crippen LogP contribution in [-0.4, -0.2) is 24.0 Å². The zero-order valence-corrected chi connectivity index (χ0v) is 10.9. The lowest BCUT2D eigenvalue weighted by atomic mass is 10.1. The molecular formula is C11H8ClF3N3O3+. The molecule has 0 radical (unpaired) electrons. The van der Waals surface area contributed by atoms with Crippen molar-refractivity contribution in [2.24, 2.45) is 5.11 Å². The lowest BCUT2D eigenvalue weighted by Crippen LogP contribution is -2.17. The summed E-state index contributed by atoms with van der Waals surface area (Å²) < 4.78 is 39.9. The molecule has 0 bridgehead atoms. The maximum Gasteiger partial charge on any atom is 0.573 e. The summed E-state index contributed by atoms with van der Waals surface area (Å²) in [4.78, 5) is 13.6. The van der Waals surface area contributed by atoms with Gasteiger partial charge in [-0.1, -0.05) is 17.7 Å². The van der Waals surface area contributed by atoms with Gasteiger partial charge < -0.3 is 9.84 Å². The van der Waals surface area contributed by atoms with E-state index in [9.17, 15) is 18.0 Å². The van der Waals surface area contributed by atoms with Crippen molar-refractivity contribution in [3.8, 4) is 5.75 Å². The second kappa shape index (κ2) is 6.87. The third-order valence-corrected chi connectivity index (χ3v) is 2.40. The number of nitrogens with one attached hydrogen (secondary N) is 1. The van der Waals surface area contributed by atoms with Crippen molar-refractivity contribution in [3.05, 3.63) is 34.4 Å². The third kappa shape index (κ3) is 5.64. The first-order valence-corrected chi connectivity index (χ1v) is 5.63. The number of hydrogen-bond donors (Lipinski definition) is 2. The fourth-order valence-electron chi connectivity index (χ4n) is 1.30. The summed E-state index contributed by atoms with van der Waals surface area (Å²) in [6.45, 7) is -0.350. The van der Waals surface area contributed by atoms with E-state index in [0.29, 0.717) is 0 Å². The fourth-order valence-corrected chi connectivity index (χ4v) is 1.53. The quantitative estimate of drug-likeness (QED) is 0.494. The largest absolute Gasteiger partial charge is 0.573 e. The van der Waals surface area contributed by atoms with E-state index in [1.165, 1.54) is 6.07 Å². The molecule has 0 aliphatic rings. The maximum atomic E-state index is 12.1. The summed E-state index contributed by atoms with van der Waals surface area (Å²) in [7, 11) is 0. The van der Waals surface area contributed by atoms with E-state index in [1.54, 1.807) is 0 Å². The summed E-state index contributed by atoms with van der Waals surface area (Å²) in [5, 5.41) is 11.8. The van der Waals surface area contributed by atoms with Crippen LogP contribution < -0.4 is 9.65 Å². The average Bonchev–Trinajstić information content (AvgIpc) is 2.36. The molecule has 1 aromatic carbocycles. The second-order valence-corrected chi connectivity index (χ2v) is 4.02. The lowest BCUT2D eigenvalue weighted by molar-refractivity contribution is -0.274. The molecule has 0 aromatic heterocycles. The second-order valence-electron chi connectivity index (χ2n) is 3.61. The van der Waals surface area contributed by atoms with Crippen LogP contribution in [0, 0.1) is 5.53 Å². The van der Waals surface area contributed by atoms with Gasteiger partial charge in [0.25, 0.3) is 0 Å². The van der Waals surface area contributed by atoms with Gasteiger partial charge in [0.2, 0.25) is 4.91 Å². The van der Waals surface area contributed by atoms with Gasteiger partial charge in [0.1, 0.15) is 16.4 Å². The zero-order valence-electron chi connectivity index (χ0n) is 10.2. The van der Waals surface area contributed by atoms with Crippen LogP contribution >= 0.6 is 11.6 Å². The molecule has 0 aliphatic heterocycles. The average molecular weight is 323 g/mol. The van der Waals surface area contributed by atoms with Crippen LogP contribution in [0.4, 0.5) is 13.2 Å². The number of ether oxygens (including phenoxy) is 1. The van der Waals surface area contributed by atoms with Crippen LogP contribution in [0.5, 0.6) is 5.75 Å². The first-order valence-electron chi connectivity index (χ1n) is 5.25. The van der Waals surface area contributed by atoms with Crippen molar-refractivity contribution < 1.29 is 27.8 Å². The van der Waals surface area contributed by atoms with Crippen molar-refractivity contribution >= 4 is 23.6 Å². The number of nitrogens with zero attached hydrogens (tertiary/aromatic N) is 2. The van der Waals surface area contributed by atoms with E-state index in [-0.39, 0.29) is 22.7 Å². The van der Waals surface area contributed by atoms with E-state index in [0.717, 1.165) is 18.2 Å². The molecule has 0 fully saturated rings. The predicted molar refractivity (Wildman–Crippen MR) is 65.9 cm³/mol. The molecule has 0 saturated carbocycles. The summed E-state index contributed by atoms with van der Waals surface area (Å²) in [5.41, 5.74) is 6.50. The number of halogens is 4. The molecule has 0 atom stereocenters. The van der Waals surface area contributed by atoms with Crippen molar-refractivity contribution in [3.63, 3.8) is 0 Å². The van der Waals surface area contributed by atoms with Gasteiger partial charge in [-0.25, -0.2) is 4.79 Å². The number of rotatable bonds is 5. The molecular weight excluding hydrogens is 315 g/mol. The Morgan fingerprint density at radius 2 is 2.19 bits per heavy atom. The molecule has 0 heterocycles. The maximum absolute atomic E-state index is 12.1. The minimum absolute atomic E-state index is 0.202. The van der Waals surface area contributed by atoms with Crippen LogP contribution in [0.15, 0.2) is 28.9 Å². The molecule has 0 saturated heterocycles. The van der Waals surface area contributed by atoms with Gasteiger partial charge in [-0.3, -0.25) is 0 Å². The number of carboxylic acid groups (broad SMARTS) is 1. The van der Waals surface area contributed by atoms with Gasteiger partial charge >= 0.3 is 12.3 Å². The Labute approximate surface area is 121 Å². The first kappa shape index (κ1) is 16.7. The Kier molecular flexibility index (Phi) is 5.45. The van der Waals surface area contributed by atoms with Gasteiger partial charge in [0, 0.05) is 0 Å². The lowest BCUT2D eigenvalue weighted by Gasteiger charge is -2.10. The van der Waals surface area contributed by atoms with Gasteiger partial charge in [0.15, 0.2) is 6.54 Å². The normalized spacial score (nSPS) is 11.7. The topological polar surface area (TPSA) is 96.8 Å². The van der Waals surface area contributed by atoms with Gasteiger partial charge in [0.05, 0.1) is 10.6 Å². The van der Waals surface area contributed by atoms with Crippen molar-refractivity contribution in [2.45, 2.75) is 6.36 Å². The van der Waals surface area contributed by atoms with Gasteiger partial charge in [-0.05, 0) is 23.8 Å². The monoisotopic (exact) mass is 322 g/mol. The Bertz CT molecular complexity index is 625. The van der Waals surface area contributed by atoms with E-state index in [1.807, 2.05) is 0 Å². The number of aliphatic carboxylic acids is 1. The van der Waals surface area contributed by atoms with Crippen LogP contribution in [0.3, 0.4) is 0 Å². The zero-order chi connectivity index (χ0) is 16.0. The number of hydrogen-bond acceptors (Lipinski definition) is 4. The third-order valence-electron chi connectivity index (χ3n) is 2.11. The summed E-state index contributed by atoms with van der Waals surface area (Å²) in [5.74, 6) is -1.89. The first-order chi connectivity index (χ1) is 9.73. The number of alkyl halides is 3. The molecule has 112 valence electrons. The molecule has 1 rings (SSSR count). The van der Waals surface area contributed by atoms with Crippen LogP contribution in [0.25, 0.3) is 6.08 Å². The number of benzene rings is 1. The van der Waals surface area contributed by atoms with Crippen molar-refractivity contribution in [1.82, 2.24) is 4.91 Å². The van der Waals surface area contributed by atoms with Gasteiger partial charge in [-0.15, -0.1) is 13.2 Å². The highest BCUT2D eigenvalue weighted by atomic mass is 35.5. The highest BCUT2D eigenvalue weighted by Gasteiger charge is 2.32. The molecule has 21 heavy (non-hydrogen) atoms. The van der Waals surface area contributed by atoms with Crippen molar-refractivity contribution in [1.29, 1.82) is 5.53 Å². The molecule has 1 aromatic rings. The van der Waals surface area contributed by atoms with Crippen LogP contribution in [0.2, 0.25) is 5.02 Å². The smallest absolute Gasteiger partial charge is 0.478 e. The van der Waals surface area contributed by atoms with E-state index >= 15 is 0 Å². The van der Waals surface area contributed by atoms with E-state index < -0.39 is 18.1 Å². The predicted octanol–water partition coefficient (Wildman–Crippen LogP) is 3.26. The number of carbonyl (C=O) groups is 1. The minimum atomic E-state index is -4.87. The number of carboxylic acids is 1. The Balaban J connectivity index is 3.07. The fraction of sp³-hybridized carbons (Fsp3) is 0.182. The SMILES string of the molecule is N=[N+]=NCC(=Cc1ccc(OC(F)(F)F)c(Cl)c1)C(=O)O. The highest BCUT2D eigenvalue weighted by molar-refractivity contribution is 6.32. The Morgan fingerprint density at radius 3 is 2.67 bits per heavy atom. The Morgan fingerprint density at radius 1 is 1.52 bits per heavy atom.